The molecule has 0 amide bonds. The van der Waals surface area contributed by atoms with Crippen LogP contribution < -0.4 is 4.72 Å². The number of rotatable bonds is 7. The highest BCUT2D eigenvalue weighted by Gasteiger charge is 2.32. The lowest BCUT2D eigenvalue weighted by Gasteiger charge is -2.32. The third kappa shape index (κ3) is 3.80. The van der Waals surface area contributed by atoms with Gasteiger partial charge in [-0.3, -0.25) is 0 Å². The summed E-state index contributed by atoms with van der Waals surface area (Å²) in [5, 5.41) is 0. The highest BCUT2D eigenvalue weighted by Crippen LogP contribution is 2.28. The van der Waals surface area contributed by atoms with Gasteiger partial charge < -0.3 is 4.74 Å². The lowest BCUT2D eigenvalue weighted by atomic mass is 9.91. The number of nitrogens with one attached hydrogen (secondary N) is 1. The van der Waals surface area contributed by atoms with Crippen molar-refractivity contribution >= 4 is 10.0 Å². The monoisotopic (exact) mass is 355 g/mol. The van der Waals surface area contributed by atoms with Crippen molar-refractivity contribution in [1.29, 1.82) is 0 Å². The van der Waals surface area contributed by atoms with Crippen molar-refractivity contribution in [3.8, 4) is 0 Å². The average Bonchev–Trinajstić information content (AvgIpc) is 2.59. The van der Waals surface area contributed by atoms with Gasteiger partial charge in [-0.25, -0.2) is 21.9 Å². The Balaban J connectivity index is 2.27. The van der Waals surface area contributed by atoms with Crippen molar-refractivity contribution in [3.63, 3.8) is 0 Å². The van der Waals surface area contributed by atoms with Gasteiger partial charge in [0.05, 0.1) is 4.90 Å². The molecule has 0 saturated carbocycles. The Bertz CT molecular complexity index is 791. The van der Waals surface area contributed by atoms with Gasteiger partial charge in [0.1, 0.15) is 5.60 Å². The summed E-state index contributed by atoms with van der Waals surface area (Å²) in [4.78, 5) is -0.337. The quantitative estimate of drug-likeness (QED) is 0.830. The van der Waals surface area contributed by atoms with Crippen LogP contribution in [-0.2, 0) is 20.4 Å². The van der Waals surface area contributed by atoms with Gasteiger partial charge in [0.15, 0.2) is 11.6 Å². The minimum atomic E-state index is -4.00. The molecule has 0 radical (unpaired) electrons. The van der Waals surface area contributed by atoms with E-state index in [2.05, 4.69) is 4.72 Å². The zero-order valence-corrected chi connectivity index (χ0v) is 14.2. The van der Waals surface area contributed by atoms with E-state index in [0.29, 0.717) is 12.5 Å². The second-order valence-corrected chi connectivity index (χ2v) is 7.09. The first-order chi connectivity index (χ1) is 11.3. The molecule has 0 fully saturated rings. The first-order valence-electron chi connectivity index (χ1n) is 7.40. The van der Waals surface area contributed by atoms with Crippen LogP contribution >= 0.6 is 0 Å². The number of methoxy groups -OCH3 is 1. The second kappa shape index (κ2) is 7.38. The number of benzene rings is 2. The molecule has 1 N–H and O–H groups in total. The molecular weight excluding hydrogens is 336 g/mol. The Morgan fingerprint density at radius 1 is 1.08 bits per heavy atom. The molecule has 0 saturated heterocycles. The van der Waals surface area contributed by atoms with Crippen LogP contribution in [0.15, 0.2) is 53.4 Å². The standard InChI is InChI=1S/C17H19F2NO3S/c1-3-17(23-2,13-7-5-4-6-8-13)12-20-24(21,22)14-9-10-15(18)16(19)11-14/h4-11,20H,3,12H2,1-2H3/t17-/m0/s1. The second-order valence-electron chi connectivity index (χ2n) is 5.32. The van der Waals surface area contributed by atoms with Crippen molar-refractivity contribution in [2.24, 2.45) is 0 Å². The molecule has 1 atom stereocenters. The number of ether oxygens (including phenoxy) is 1. The number of sulfonamides is 1. The van der Waals surface area contributed by atoms with Gasteiger partial charge in [0, 0.05) is 13.7 Å². The highest BCUT2D eigenvalue weighted by molar-refractivity contribution is 7.89. The molecule has 0 bridgehead atoms. The third-order valence-electron chi connectivity index (χ3n) is 4.01. The van der Waals surface area contributed by atoms with E-state index in [0.717, 1.165) is 17.7 Å². The minimum Gasteiger partial charge on any atom is -0.372 e. The van der Waals surface area contributed by atoms with Crippen molar-refractivity contribution in [1.82, 2.24) is 4.72 Å². The van der Waals surface area contributed by atoms with Gasteiger partial charge in [-0.1, -0.05) is 37.3 Å². The maximum Gasteiger partial charge on any atom is 0.240 e. The number of hydrogen-bond acceptors (Lipinski definition) is 3. The van der Waals surface area contributed by atoms with Gasteiger partial charge >= 0.3 is 0 Å². The highest BCUT2D eigenvalue weighted by atomic mass is 32.2. The topological polar surface area (TPSA) is 55.4 Å². The summed E-state index contributed by atoms with van der Waals surface area (Å²) in [7, 11) is -2.50. The molecule has 0 unspecified atom stereocenters. The molecule has 0 aliphatic rings. The molecule has 4 nitrogen and oxygen atoms in total. The normalized spacial score (nSPS) is 14.3. The Kier molecular flexibility index (Phi) is 5.69. The molecule has 0 aromatic heterocycles. The molecule has 2 rings (SSSR count). The molecule has 0 heterocycles. The summed E-state index contributed by atoms with van der Waals surface area (Å²) >= 11 is 0. The smallest absolute Gasteiger partial charge is 0.240 e. The van der Waals surface area contributed by atoms with E-state index in [-0.39, 0.29) is 11.4 Å². The minimum absolute atomic E-state index is 0.0364. The molecule has 0 aliphatic carbocycles. The fourth-order valence-corrected chi connectivity index (χ4v) is 3.54. The van der Waals surface area contributed by atoms with Crippen LogP contribution in [0, 0.1) is 11.6 Å². The van der Waals surface area contributed by atoms with E-state index in [1.54, 1.807) is 0 Å². The molecule has 7 heteroatoms. The van der Waals surface area contributed by atoms with E-state index < -0.39 is 27.3 Å². The molecule has 24 heavy (non-hydrogen) atoms. The van der Waals surface area contributed by atoms with E-state index in [1.165, 1.54) is 7.11 Å². The molecule has 0 aliphatic heterocycles. The van der Waals surface area contributed by atoms with Crippen LogP contribution in [0.1, 0.15) is 18.9 Å². The summed E-state index contributed by atoms with van der Waals surface area (Å²) in [5.74, 6) is -2.31. The number of halogens is 2. The van der Waals surface area contributed by atoms with Crippen LogP contribution in [0.2, 0.25) is 0 Å². The maximum atomic E-state index is 13.3. The first kappa shape index (κ1) is 18.5. The summed E-state index contributed by atoms with van der Waals surface area (Å²) in [6.45, 7) is 1.84. The van der Waals surface area contributed by atoms with Crippen LogP contribution in [-0.4, -0.2) is 22.1 Å². The van der Waals surface area contributed by atoms with E-state index in [4.69, 9.17) is 4.74 Å². The van der Waals surface area contributed by atoms with Gasteiger partial charge in [-0.15, -0.1) is 0 Å². The lowest BCUT2D eigenvalue weighted by Crippen LogP contribution is -2.41. The SMILES string of the molecule is CC[C@@](CNS(=O)(=O)c1ccc(F)c(F)c1)(OC)c1ccccc1. The average molecular weight is 355 g/mol. The Morgan fingerprint density at radius 2 is 1.75 bits per heavy atom. The molecule has 130 valence electrons. The van der Waals surface area contributed by atoms with Gasteiger partial charge in [-0.2, -0.15) is 0 Å². The van der Waals surface area contributed by atoms with Gasteiger partial charge in [0.25, 0.3) is 0 Å². The first-order valence-corrected chi connectivity index (χ1v) is 8.88. The Labute approximate surface area is 140 Å². The third-order valence-corrected chi connectivity index (χ3v) is 5.41. The summed E-state index contributed by atoms with van der Waals surface area (Å²) in [5.41, 5.74) is -0.0321. The fourth-order valence-electron chi connectivity index (χ4n) is 2.45. The van der Waals surface area contributed by atoms with Gasteiger partial charge in [0.2, 0.25) is 10.0 Å². The van der Waals surface area contributed by atoms with Crippen molar-refractivity contribution in [2.45, 2.75) is 23.8 Å². The van der Waals surface area contributed by atoms with Gasteiger partial charge in [-0.05, 0) is 30.2 Å². The van der Waals surface area contributed by atoms with E-state index in [1.807, 2.05) is 37.3 Å². The summed E-state index contributed by atoms with van der Waals surface area (Å²) in [6.07, 6.45) is 0.522. The zero-order valence-electron chi connectivity index (χ0n) is 13.4. The van der Waals surface area contributed by atoms with Crippen LogP contribution in [0.25, 0.3) is 0 Å². The predicted octanol–water partition coefficient (Wildman–Crippen LogP) is 3.20. The van der Waals surface area contributed by atoms with Crippen LogP contribution in [0.3, 0.4) is 0 Å². The summed E-state index contributed by atoms with van der Waals surface area (Å²) in [6, 6.07) is 11.7. The van der Waals surface area contributed by atoms with E-state index >= 15 is 0 Å². The fraction of sp³-hybridized carbons (Fsp3) is 0.294. The molecule has 2 aromatic carbocycles. The maximum absolute atomic E-state index is 13.3. The van der Waals surface area contributed by atoms with Crippen LogP contribution in [0.4, 0.5) is 8.78 Å². The molecule has 2 aromatic rings. The van der Waals surface area contributed by atoms with Crippen LogP contribution in [0.5, 0.6) is 0 Å². The van der Waals surface area contributed by atoms with E-state index in [9.17, 15) is 17.2 Å². The zero-order chi connectivity index (χ0) is 17.8. The Hall–Kier alpha value is -1.83. The molecular formula is C17H19F2NO3S. The Morgan fingerprint density at radius 3 is 2.29 bits per heavy atom. The molecule has 0 spiro atoms. The van der Waals surface area contributed by atoms with Crippen molar-refractivity contribution < 1.29 is 21.9 Å². The largest absolute Gasteiger partial charge is 0.372 e. The lowest BCUT2D eigenvalue weighted by molar-refractivity contribution is -0.0133. The van der Waals surface area contributed by atoms with Crippen molar-refractivity contribution in [3.05, 3.63) is 65.7 Å². The predicted molar refractivity (Wildman–Crippen MR) is 87.0 cm³/mol. The number of hydrogen-bond donors (Lipinski definition) is 1. The van der Waals surface area contributed by atoms with Crippen molar-refractivity contribution in [2.75, 3.05) is 13.7 Å². The summed E-state index contributed by atoms with van der Waals surface area (Å²) < 4.78 is 59.0.